The van der Waals surface area contributed by atoms with Crippen molar-refractivity contribution in [2.24, 2.45) is 0 Å². The number of piperazine rings is 1. The fourth-order valence-electron chi connectivity index (χ4n) is 1.50. The Hall–Kier alpha value is -1.14. The van der Waals surface area contributed by atoms with Crippen molar-refractivity contribution in [2.45, 2.75) is 6.04 Å². The van der Waals surface area contributed by atoms with Gasteiger partial charge in [0, 0.05) is 19.6 Å². The first-order valence-electron chi connectivity index (χ1n) is 4.89. The maximum absolute atomic E-state index is 11.1. The van der Waals surface area contributed by atoms with E-state index in [0.717, 1.165) is 6.54 Å². The average molecular weight is 215 g/mol. The van der Waals surface area contributed by atoms with Crippen LogP contribution in [-0.4, -0.2) is 73.1 Å². The van der Waals surface area contributed by atoms with Gasteiger partial charge in [0.2, 0.25) is 5.91 Å². The van der Waals surface area contributed by atoms with E-state index in [1.165, 1.54) is 0 Å². The maximum Gasteiger partial charge on any atom is 0.322 e. The molecule has 6 nitrogen and oxygen atoms in total. The van der Waals surface area contributed by atoms with Gasteiger partial charge in [-0.1, -0.05) is 0 Å². The van der Waals surface area contributed by atoms with E-state index in [-0.39, 0.29) is 19.0 Å². The Labute approximate surface area is 88.8 Å². The third kappa shape index (κ3) is 3.49. The number of likely N-dealkylation sites (N-methyl/N-ethyl adjacent to an activating group) is 1. The third-order valence-electron chi connectivity index (χ3n) is 2.40. The first kappa shape index (κ1) is 11.9. The van der Waals surface area contributed by atoms with Crippen LogP contribution in [0.4, 0.5) is 0 Å². The van der Waals surface area contributed by atoms with Crippen LogP contribution in [0.25, 0.3) is 0 Å². The minimum Gasteiger partial charge on any atom is -0.480 e. The largest absolute Gasteiger partial charge is 0.480 e. The summed E-state index contributed by atoms with van der Waals surface area (Å²) in [6.07, 6.45) is 0. The van der Waals surface area contributed by atoms with Gasteiger partial charge in [-0.25, -0.2) is 0 Å². The Morgan fingerprint density at radius 2 is 2.33 bits per heavy atom. The molecule has 1 heterocycles. The van der Waals surface area contributed by atoms with Crippen molar-refractivity contribution < 1.29 is 14.7 Å². The number of rotatable bonds is 4. The summed E-state index contributed by atoms with van der Waals surface area (Å²) in [6.45, 7) is 1.71. The molecule has 0 aliphatic carbocycles. The van der Waals surface area contributed by atoms with E-state index in [4.69, 9.17) is 5.11 Å². The summed E-state index contributed by atoms with van der Waals surface area (Å²) < 4.78 is 0. The number of nitrogens with zero attached hydrogens (tertiary/aromatic N) is 2. The third-order valence-corrected chi connectivity index (χ3v) is 2.40. The van der Waals surface area contributed by atoms with Crippen molar-refractivity contribution in [1.82, 2.24) is 15.1 Å². The van der Waals surface area contributed by atoms with Crippen LogP contribution < -0.4 is 5.32 Å². The number of hydrogen-bond donors (Lipinski definition) is 2. The fourth-order valence-corrected chi connectivity index (χ4v) is 1.50. The summed E-state index contributed by atoms with van der Waals surface area (Å²) >= 11 is 0. The van der Waals surface area contributed by atoms with E-state index in [1.807, 2.05) is 19.0 Å². The molecule has 2 N–H and O–H groups in total. The van der Waals surface area contributed by atoms with Gasteiger partial charge in [0.1, 0.15) is 6.04 Å². The van der Waals surface area contributed by atoms with Crippen LogP contribution in [0.5, 0.6) is 0 Å². The van der Waals surface area contributed by atoms with Crippen molar-refractivity contribution in [2.75, 3.05) is 40.3 Å². The van der Waals surface area contributed by atoms with Gasteiger partial charge in [-0.15, -0.1) is 0 Å². The number of aliphatic carboxylic acids is 1. The molecule has 0 spiro atoms. The molecular formula is C9H17N3O3. The van der Waals surface area contributed by atoms with Crippen LogP contribution >= 0.6 is 0 Å². The van der Waals surface area contributed by atoms with Crippen LogP contribution in [0, 0.1) is 0 Å². The quantitative estimate of drug-likeness (QED) is 0.593. The standard InChI is InChI=1S/C9H17N3O3/c1-11(2)3-4-12-6-8(13)10-5-7(12)9(14)15/h7H,3-6H2,1-2H3,(H,10,13)(H,14,15). The smallest absolute Gasteiger partial charge is 0.322 e. The van der Waals surface area contributed by atoms with Gasteiger partial charge in [0.15, 0.2) is 0 Å². The van der Waals surface area contributed by atoms with Crippen LogP contribution in [0.3, 0.4) is 0 Å². The van der Waals surface area contributed by atoms with Gasteiger partial charge in [0.05, 0.1) is 6.54 Å². The number of carboxylic acids is 1. The first-order chi connectivity index (χ1) is 7.00. The lowest BCUT2D eigenvalue weighted by Crippen LogP contribution is -2.58. The normalized spacial score (nSPS) is 22.9. The zero-order valence-electron chi connectivity index (χ0n) is 9.06. The van der Waals surface area contributed by atoms with Gasteiger partial charge in [-0.05, 0) is 14.1 Å². The predicted octanol–water partition coefficient (Wildman–Crippen LogP) is -1.57. The minimum atomic E-state index is -0.881. The highest BCUT2D eigenvalue weighted by molar-refractivity contribution is 5.83. The molecule has 1 aliphatic rings. The molecule has 1 unspecified atom stereocenters. The molecule has 1 amide bonds. The highest BCUT2D eigenvalue weighted by atomic mass is 16.4. The summed E-state index contributed by atoms with van der Waals surface area (Å²) in [5.41, 5.74) is 0. The molecule has 1 saturated heterocycles. The number of hydrogen-bond acceptors (Lipinski definition) is 4. The Morgan fingerprint density at radius 1 is 1.67 bits per heavy atom. The average Bonchev–Trinajstić information content (AvgIpc) is 2.14. The van der Waals surface area contributed by atoms with E-state index in [0.29, 0.717) is 6.54 Å². The lowest BCUT2D eigenvalue weighted by molar-refractivity contribution is -0.146. The number of carbonyl (C=O) groups is 2. The zero-order valence-corrected chi connectivity index (χ0v) is 9.06. The number of carbonyl (C=O) groups excluding carboxylic acids is 1. The SMILES string of the molecule is CN(C)CCN1CC(=O)NCC1C(=O)O. The minimum absolute atomic E-state index is 0.105. The second-order valence-corrected chi connectivity index (χ2v) is 3.93. The molecule has 15 heavy (non-hydrogen) atoms. The molecule has 1 fully saturated rings. The first-order valence-corrected chi connectivity index (χ1v) is 4.89. The second-order valence-electron chi connectivity index (χ2n) is 3.93. The molecule has 0 aromatic rings. The van der Waals surface area contributed by atoms with Gasteiger partial charge >= 0.3 is 5.97 Å². The summed E-state index contributed by atoms with van der Waals surface area (Å²) in [7, 11) is 3.83. The highest BCUT2D eigenvalue weighted by Crippen LogP contribution is 2.03. The lowest BCUT2D eigenvalue weighted by Gasteiger charge is -2.33. The Bertz CT molecular complexity index is 255. The molecule has 1 rings (SSSR count). The number of nitrogens with one attached hydrogen (secondary N) is 1. The second kappa shape index (κ2) is 5.09. The summed E-state index contributed by atoms with van der Waals surface area (Å²) in [6, 6.07) is -0.595. The van der Waals surface area contributed by atoms with Crippen LogP contribution in [0.1, 0.15) is 0 Å². The maximum atomic E-state index is 11.1. The lowest BCUT2D eigenvalue weighted by atomic mass is 10.2. The molecule has 0 saturated carbocycles. The summed E-state index contributed by atoms with van der Waals surface area (Å²) in [5.74, 6) is -0.986. The molecule has 86 valence electrons. The Kier molecular flexibility index (Phi) is 4.05. The van der Waals surface area contributed by atoms with Crippen molar-refractivity contribution in [3.05, 3.63) is 0 Å². The van der Waals surface area contributed by atoms with Crippen LogP contribution in [0.2, 0.25) is 0 Å². The van der Waals surface area contributed by atoms with Gasteiger partial charge in [-0.2, -0.15) is 0 Å². The number of amides is 1. The highest BCUT2D eigenvalue weighted by Gasteiger charge is 2.31. The summed E-state index contributed by atoms with van der Waals surface area (Å²) in [5, 5.41) is 11.5. The van der Waals surface area contributed by atoms with Gasteiger partial charge < -0.3 is 15.3 Å². The molecule has 1 atom stereocenters. The van der Waals surface area contributed by atoms with E-state index in [9.17, 15) is 9.59 Å². The molecule has 6 heteroatoms. The van der Waals surface area contributed by atoms with Crippen molar-refractivity contribution in [1.29, 1.82) is 0 Å². The topological polar surface area (TPSA) is 72.9 Å². The van der Waals surface area contributed by atoms with Crippen molar-refractivity contribution in [3.63, 3.8) is 0 Å². The van der Waals surface area contributed by atoms with E-state index >= 15 is 0 Å². The van der Waals surface area contributed by atoms with Gasteiger partial charge in [0.25, 0.3) is 0 Å². The molecular weight excluding hydrogens is 198 g/mol. The number of carboxylic acid groups (broad SMARTS) is 1. The summed E-state index contributed by atoms with van der Waals surface area (Å²) in [4.78, 5) is 25.7. The Morgan fingerprint density at radius 3 is 2.87 bits per heavy atom. The molecule has 0 radical (unpaired) electrons. The van der Waals surface area contributed by atoms with Crippen LogP contribution in [0.15, 0.2) is 0 Å². The zero-order chi connectivity index (χ0) is 11.4. The molecule has 0 aromatic carbocycles. The molecule has 0 aromatic heterocycles. The fraction of sp³-hybridized carbons (Fsp3) is 0.778. The van der Waals surface area contributed by atoms with Crippen molar-refractivity contribution >= 4 is 11.9 Å². The monoisotopic (exact) mass is 215 g/mol. The van der Waals surface area contributed by atoms with Gasteiger partial charge in [-0.3, -0.25) is 14.5 Å². The van der Waals surface area contributed by atoms with E-state index in [2.05, 4.69) is 5.32 Å². The van der Waals surface area contributed by atoms with Crippen molar-refractivity contribution in [3.8, 4) is 0 Å². The molecule has 0 bridgehead atoms. The van der Waals surface area contributed by atoms with E-state index < -0.39 is 12.0 Å². The predicted molar refractivity (Wildman–Crippen MR) is 54.6 cm³/mol. The Balaban J connectivity index is 2.54. The molecule has 1 aliphatic heterocycles. The van der Waals surface area contributed by atoms with Crippen LogP contribution in [-0.2, 0) is 9.59 Å². The van der Waals surface area contributed by atoms with E-state index in [1.54, 1.807) is 4.90 Å².